The topological polar surface area (TPSA) is 17.1 Å². The molecule has 2 aliphatic rings. The van der Waals surface area contributed by atoms with Crippen LogP contribution in [0.2, 0.25) is 0 Å². The van der Waals surface area contributed by atoms with Crippen LogP contribution < -0.4 is 10.6 Å². The predicted molar refractivity (Wildman–Crippen MR) is 153 cm³/mol. The first-order chi connectivity index (χ1) is 14.9. The first-order valence-electron chi connectivity index (χ1n) is 12.3. The molecular formula is C30H47FeOP2+. The molecule has 2 saturated carbocycles. The van der Waals surface area contributed by atoms with Crippen molar-refractivity contribution in [3.8, 4) is 0 Å². The molecule has 0 saturated heterocycles. The van der Waals surface area contributed by atoms with Crippen LogP contribution in [0.4, 0.5) is 0 Å². The fourth-order valence-corrected chi connectivity index (χ4v) is 10.5. The molecule has 2 aromatic rings. The predicted octanol–water partition coefficient (Wildman–Crippen LogP) is 9.15. The van der Waals surface area contributed by atoms with Gasteiger partial charge in [0.1, 0.15) is 0 Å². The summed E-state index contributed by atoms with van der Waals surface area (Å²) in [6, 6.07) is 21.9. The zero-order valence-electron chi connectivity index (χ0n) is 22.3. The third kappa shape index (κ3) is 9.17. The molecule has 0 radical (unpaired) electrons. The van der Waals surface area contributed by atoms with Gasteiger partial charge in [0.25, 0.3) is 0 Å². The third-order valence-electron chi connectivity index (χ3n) is 6.84. The summed E-state index contributed by atoms with van der Waals surface area (Å²) in [5.41, 5.74) is 0.918. The molecule has 0 heterocycles. The molecule has 3 unspecified atom stereocenters. The SMILES string of the molecule is C1CCCC1.C[C@H](C1CCCC1[P+](=O)C(C)(C)C)P(c1ccccc1)c1ccccc1.[CH3-].[CH3-].[Fe+2]. The second-order valence-corrected chi connectivity index (χ2v) is 15.5. The van der Waals surface area contributed by atoms with Crippen LogP contribution in [0.3, 0.4) is 0 Å². The van der Waals surface area contributed by atoms with Gasteiger partial charge < -0.3 is 14.9 Å². The molecule has 0 aliphatic heterocycles. The van der Waals surface area contributed by atoms with Crippen molar-refractivity contribution in [3.63, 3.8) is 0 Å². The quantitative estimate of drug-likeness (QED) is 0.210. The zero-order valence-corrected chi connectivity index (χ0v) is 25.2. The first kappa shape index (κ1) is 33.5. The molecule has 2 aromatic carbocycles. The van der Waals surface area contributed by atoms with E-state index in [1.54, 1.807) is 0 Å². The van der Waals surface area contributed by atoms with Crippen molar-refractivity contribution in [2.45, 2.75) is 95.5 Å². The Bertz CT molecular complexity index is 752. The number of benzene rings is 2. The average molecular weight is 541 g/mol. The van der Waals surface area contributed by atoms with Crippen LogP contribution in [0, 0.1) is 20.8 Å². The Hall–Kier alpha value is -0.511. The van der Waals surface area contributed by atoms with Crippen LogP contribution in [-0.4, -0.2) is 16.5 Å². The van der Waals surface area contributed by atoms with E-state index in [0.717, 1.165) is 6.42 Å². The molecule has 0 bridgehead atoms. The van der Waals surface area contributed by atoms with Crippen LogP contribution in [0.25, 0.3) is 0 Å². The van der Waals surface area contributed by atoms with Crippen molar-refractivity contribution in [3.05, 3.63) is 75.5 Å². The van der Waals surface area contributed by atoms with Gasteiger partial charge in [0.15, 0.2) is 10.8 Å². The van der Waals surface area contributed by atoms with E-state index in [1.807, 2.05) is 0 Å². The Balaban J connectivity index is 0.00000121. The van der Waals surface area contributed by atoms with Gasteiger partial charge in [-0.05, 0) is 64.2 Å². The summed E-state index contributed by atoms with van der Waals surface area (Å²) in [7, 11) is -1.64. The van der Waals surface area contributed by atoms with E-state index in [1.165, 1.54) is 55.6 Å². The maximum atomic E-state index is 13.2. The van der Waals surface area contributed by atoms with E-state index in [4.69, 9.17) is 0 Å². The summed E-state index contributed by atoms with van der Waals surface area (Å²) in [6.45, 7) is 8.84. The maximum Gasteiger partial charge on any atom is 2.00 e. The molecule has 0 aromatic heterocycles. The molecule has 0 amide bonds. The maximum absolute atomic E-state index is 13.2. The standard InChI is InChI=1S/C23H31OP2.C5H10.2CH3.Fe/c1-18(21-16-11-17-22(21)26(24)23(2,3)4)25(19-12-7-5-8-13-19)20-14-9-6-10-15-20;1-2-4-5-3-1;;;/h5-10,12-15,18,21-22H,11,16-17H2,1-4H3;1-5H2;2*1H3;/q+1;;2*-1;+2/t18-,21?,22?;;;;/m1..../s1. The molecule has 1 nitrogen and oxygen atoms in total. The monoisotopic (exact) mass is 541 g/mol. The van der Waals surface area contributed by atoms with E-state index < -0.39 is 15.7 Å². The second-order valence-electron chi connectivity index (χ2n) is 10.2. The van der Waals surface area contributed by atoms with Crippen molar-refractivity contribution in [1.82, 2.24) is 0 Å². The van der Waals surface area contributed by atoms with Crippen molar-refractivity contribution in [2.75, 3.05) is 0 Å². The van der Waals surface area contributed by atoms with Gasteiger partial charge in [0.2, 0.25) is 0 Å². The fourth-order valence-electron chi connectivity index (χ4n) is 5.19. The summed E-state index contributed by atoms with van der Waals surface area (Å²) in [6.07, 6.45) is 11.1. The van der Waals surface area contributed by atoms with Crippen LogP contribution in [0.1, 0.15) is 79.1 Å². The molecular weight excluding hydrogens is 494 g/mol. The van der Waals surface area contributed by atoms with Gasteiger partial charge >= 0.3 is 24.9 Å². The van der Waals surface area contributed by atoms with E-state index in [-0.39, 0.29) is 37.1 Å². The van der Waals surface area contributed by atoms with E-state index >= 15 is 0 Å². The normalized spacial score (nSPS) is 20.7. The Kier molecular flexibility index (Phi) is 16.0. The van der Waals surface area contributed by atoms with E-state index in [9.17, 15) is 4.57 Å². The summed E-state index contributed by atoms with van der Waals surface area (Å²) in [4.78, 5) is 0. The Morgan fingerprint density at radius 3 is 1.56 bits per heavy atom. The van der Waals surface area contributed by atoms with Crippen molar-refractivity contribution >= 4 is 26.3 Å². The van der Waals surface area contributed by atoms with Gasteiger partial charge in [-0.3, -0.25) is 0 Å². The van der Waals surface area contributed by atoms with Crippen molar-refractivity contribution in [2.24, 2.45) is 5.92 Å². The fraction of sp³-hybridized carbons (Fsp3) is 0.533. The first-order valence-corrected chi connectivity index (χ1v) is 15.0. The van der Waals surface area contributed by atoms with Crippen LogP contribution in [0.5, 0.6) is 0 Å². The molecule has 2 aliphatic carbocycles. The molecule has 4 heteroatoms. The van der Waals surface area contributed by atoms with Crippen molar-refractivity contribution < 1.29 is 21.6 Å². The van der Waals surface area contributed by atoms with Crippen LogP contribution >= 0.6 is 15.7 Å². The average Bonchev–Trinajstić information content (AvgIpc) is 3.49. The third-order valence-corrected chi connectivity index (χ3v) is 12.3. The Morgan fingerprint density at radius 1 is 0.765 bits per heavy atom. The van der Waals surface area contributed by atoms with Crippen LogP contribution in [-0.2, 0) is 21.6 Å². The van der Waals surface area contributed by atoms with Gasteiger partial charge in [-0.15, -0.1) is 0 Å². The van der Waals surface area contributed by atoms with Gasteiger partial charge in [0, 0.05) is 5.92 Å². The van der Waals surface area contributed by atoms with Gasteiger partial charge in [-0.1, -0.05) is 104 Å². The summed E-state index contributed by atoms with van der Waals surface area (Å²) in [5, 5.41) is 2.79. The largest absolute Gasteiger partial charge is 2.00 e. The summed E-state index contributed by atoms with van der Waals surface area (Å²) < 4.78 is 13.2. The summed E-state index contributed by atoms with van der Waals surface area (Å²) >= 11 is 0. The van der Waals surface area contributed by atoms with E-state index in [0.29, 0.717) is 17.2 Å². The van der Waals surface area contributed by atoms with E-state index in [2.05, 4.69) is 88.4 Å². The minimum Gasteiger partial charge on any atom is -0.358 e. The number of hydrogen-bond donors (Lipinski definition) is 0. The molecule has 4 atom stereocenters. The smallest absolute Gasteiger partial charge is 0.358 e. The number of hydrogen-bond acceptors (Lipinski definition) is 1. The zero-order chi connectivity index (χ0) is 22.3. The molecule has 4 rings (SSSR count). The Morgan fingerprint density at radius 2 is 1.18 bits per heavy atom. The summed E-state index contributed by atoms with van der Waals surface area (Å²) in [5.74, 6) is 0.560. The van der Waals surface area contributed by atoms with Crippen molar-refractivity contribution in [1.29, 1.82) is 0 Å². The molecule has 34 heavy (non-hydrogen) atoms. The van der Waals surface area contributed by atoms with Gasteiger partial charge in [-0.2, -0.15) is 0 Å². The minimum atomic E-state index is -1.20. The van der Waals surface area contributed by atoms with Crippen LogP contribution in [0.15, 0.2) is 60.7 Å². The molecule has 0 spiro atoms. The molecule has 2 fully saturated rings. The van der Waals surface area contributed by atoms with Gasteiger partial charge in [0.05, 0.1) is 0 Å². The molecule has 190 valence electrons. The Labute approximate surface area is 224 Å². The minimum absolute atomic E-state index is 0. The molecule has 0 N–H and O–H groups in total. The van der Waals surface area contributed by atoms with Gasteiger partial charge in [-0.25, -0.2) is 0 Å². The number of rotatable bonds is 5. The second kappa shape index (κ2) is 16.3.